The molecular weight excluding hydrogens is 254 g/mol. The number of nitrogens with two attached hydrogens (primary N) is 1. The Morgan fingerprint density at radius 1 is 1.47 bits per heavy atom. The van der Waals surface area contributed by atoms with Gasteiger partial charge >= 0.3 is 0 Å². The van der Waals surface area contributed by atoms with Gasteiger partial charge in [0, 0.05) is 12.0 Å². The number of hydrogen-bond acceptors (Lipinski definition) is 6. The molecule has 0 aliphatic rings. The minimum atomic E-state index is -0.0472. The molecule has 1 rings (SSSR count). The molecule has 0 saturated carbocycles. The number of rotatable bonds is 7. The van der Waals surface area contributed by atoms with Crippen molar-refractivity contribution in [2.45, 2.75) is 31.6 Å². The molecule has 1 aromatic heterocycles. The van der Waals surface area contributed by atoms with Crippen LogP contribution in [0, 0.1) is 5.41 Å². The fourth-order valence-electron chi connectivity index (χ4n) is 1.65. The van der Waals surface area contributed by atoms with Crippen LogP contribution in [0.4, 0.5) is 10.8 Å². The molecule has 0 saturated heterocycles. The number of hydrogen-bond donors (Lipinski definition) is 3. The summed E-state index contributed by atoms with van der Waals surface area (Å²) < 4.78 is 4.14. The van der Waals surface area contributed by atoms with Gasteiger partial charge in [0.25, 0.3) is 0 Å². The van der Waals surface area contributed by atoms with E-state index in [1.807, 2.05) is 6.26 Å². The molecule has 1 aromatic rings. The number of nitrogens with zero attached hydrogens (tertiary/aromatic N) is 1. The van der Waals surface area contributed by atoms with Gasteiger partial charge in [0.15, 0.2) is 5.82 Å². The molecule has 0 aliphatic carbocycles. The van der Waals surface area contributed by atoms with Crippen molar-refractivity contribution in [3.05, 3.63) is 0 Å². The highest BCUT2D eigenvalue weighted by Gasteiger charge is 2.25. The first-order chi connectivity index (χ1) is 8.12. The second kappa shape index (κ2) is 6.47. The Morgan fingerprint density at radius 3 is 2.59 bits per heavy atom. The van der Waals surface area contributed by atoms with Gasteiger partial charge in [-0.05, 0) is 30.6 Å². The number of aliphatic hydroxyl groups excluding tert-OH is 1. The summed E-state index contributed by atoms with van der Waals surface area (Å²) in [5.41, 5.74) is 5.73. The first-order valence-corrected chi connectivity index (χ1v) is 7.76. The van der Waals surface area contributed by atoms with E-state index in [0.29, 0.717) is 5.82 Å². The average molecular weight is 275 g/mol. The Bertz CT molecular complexity index is 342. The van der Waals surface area contributed by atoms with Gasteiger partial charge in [-0.3, -0.25) is 0 Å². The van der Waals surface area contributed by atoms with Crippen LogP contribution in [0.1, 0.15) is 26.7 Å². The zero-order valence-electron chi connectivity index (χ0n) is 10.6. The summed E-state index contributed by atoms with van der Waals surface area (Å²) in [6, 6.07) is 0. The third kappa shape index (κ3) is 3.26. The van der Waals surface area contributed by atoms with Crippen molar-refractivity contribution in [1.29, 1.82) is 0 Å². The lowest BCUT2D eigenvalue weighted by Gasteiger charge is -2.29. The van der Waals surface area contributed by atoms with Gasteiger partial charge in [-0.2, -0.15) is 4.37 Å². The third-order valence-corrected chi connectivity index (χ3v) is 5.11. The van der Waals surface area contributed by atoms with Crippen LogP contribution in [0.3, 0.4) is 0 Å². The zero-order chi connectivity index (χ0) is 12.9. The van der Waals surface area contributed by atoms with Crippen LogP contribution in [0.2, 0.25) is 0 Å². The topological polar surface area (TPSA) is 71.2 Å². The van der Waals surface area contributed by atoms with Crippen molar-refractivity contribution in [2.24, 2.45) is 5.41 Å². The van der Waals surface area contributed by atoms with Gasteiger partial charge in [-0.1, -0.05) is 13.8 Å². The lowest BCUT2D eigenvalue weighted by Crippen LogP contribution is -2.32. The van der Waals surface area contributed by atoms with E-state index >= 15 is 0 Å². The van der Waals surface area contributed by atoms with E-state index in [1.165, 1.54) is 11.5 Å². The molecule has 0 amide bonds. The Kier molecular flexibility index (Phi) is 5.55. The molecule has 4 N–H and O–H groups in total. The summed E-state index contributed by atoms with van der Waals surface area (Å²) in [6.45, 7) is 5.18. The SMILES string of the molecule is CCC(CC)(CO)CNc1snc(N)c1SC. The fourth-order valence-corrected chi connectivity index (χ4v) is 3.19. The highest BCUT2D eigenvalue weighted by molar-refractivity contribution is 7.99. The Labute approximate surface area is 111 Å². The van der Waals surface area contributed by atoms with Crippen molar-refractivity contribution < 1.29 is 5.11 Å². The molecule has 17 heavy (non-hydrogen) atoms. The van der Waals surface area contributed by atoms with Crippen LogP contribution >= 0.6 is 23.3 Å². The van der Waals surface area contributed by atoms with Gasteiger partial charge in [0.05, 0.1) is 11.5 Å². The third-order valence-electron chi connectivity index (χ3n) is 3.34. The van der Waals surface area contributed by atoms with Gasteiger partial charge in [-0.15, -0.1) is 11.8 Å². The van der Waals surface area contributed by atoms with Gasteiger partial charge in [-0.25, -0.2) is 0 Å². The highest BCUT2D eigenvalue weighted by atomic mass is 32.2. The molecule has 6 heteroatoms. The van der Waals surface area contributed by atoms with E-state index in [-0.39, 0.29) is 12.0 Å². The largest absolute Gasteiger partial charge is 0.396 e. The molecule has 0 aromatic carbocycles. The maximum absolute atomic E-state index is 9.50. The lowest BCUT2D eigenvalue weighted by molar-refractivity contribution is 0.127. The molecule has 0 radical (unpaired) electrons. The van der Waals surface area contributed by atoms with Crippen LogP contribution in [0.5, 0.6) is 0 Å². The fraction of sp³-hybridized carbons (Fsp3) is 0.727. The molecule has 4 nitrogen and oxygen atoms in total. The summed E-state index contributed by atoms with van der Waals surface area (Å²) in [7, 11) is 0. The van der Waals surface area contributed by atoms with Crippen LogP contribution < -0.4 is 11.1 Å². The standard InChI is InChI=1S/C11H21N3OS2/c1-4-11(5-2,7-15)6-13-10-8(16-3)9(12)14-17-10/h13,15H,4-7H2,1-3H3,(H2,12,14). The molecule has 1 heterocycles. The smallest absolute Gasteiger partial charge is 0.153 e. The predicted octanol–water partition coefficient (Wildman–Crippen LogP) is 2.66. The van der Waals surface area contributed by atoms with Gasteiger partial charge < -0.3 is 16.2 Å². The van der Waals surface area contributed by atoms with Crippen molar-refractivity contribution in [2.75, 3.05) is 30.5 Å². The van der Waals surface area contributed by atoms with Crippen molar-refractivity contribution in [1.82, 2.24) is 4.37 Å². The number of thioether (sulfide) groups is 1. The van der Waals surface area contributed by atoms with E-state index in [9.17, 15) is 5.11 Å². The van der Waals surface area contributed by atoms with E-state index in [1.54, 1.807) is 11.8 Å². The number of aromatic nitrogens is 1. The molecule has 0 fully saturated rings. The first kappa shape index (κ1) is 14.6. The molecule has 0 spiro atoms. The Balaban J connectivity index is 2.72. The molecule has 0 aliphatic heterocycles. The number of aliphatic hydroxyl groups is 1. The lowest BCUT2D eigenvalue weighted by atomic mass is 9.83. The quantitative estimate of drug-likeness (QED) is 0.667. The van der Waals surface area contributed by atoms with Crippen LogP contribution in [0.25, 0.3) is 0 Å². The number of nitrogens with one attached hydrogen (secondary N) is 1. The maximum atomic E-state index is 9.50. The van der Waals surface area contributed by atoms with E-state index in [4.69, 9.17) is 5.73 Å². The normalized spacial score (nSPS) is 11.8. The molecule has 0 atom stereocenters. The minimum absolute atomic E-state index is 0.0472. The monoisotopic (exact) mass is 275 g/mol. The average Bonchev–Trinajstić information content (AvgIpc) is 2.72. The van der Waals surface area contributed by atoms with Crippen LogP contribution in [-0.4, -0.2) is 28.9 Å². The molecule has 98 valence electrons. The molecule has 0 bridgehead atoms. The second-order valence-corrected chi connectivity index (χ2v) is 5.74. The summed E-state index contributed by atoms with van der Waals surface area (Å²) in [5.74, 6) is 0.590. The van der Waals surface area contributed by atoms with Crippen molar-refractivity contribution in [3.8, 4) is 0 Å². The second-order valence-electron chi connectivity index (χ2n) is 4.15. The predicted molar refractivity (Wildman–Crippen MR) is 76.9 cm³/mol. The Morgan fingerprint density at radius 2 is 2.12 bits per heavy atom. The maximum Gasteiger partial charge on any atom is 0.153 e. The van der Waals surface area contributed by atoms with E-state index in [2.05, 4.69) is 23.5 Å². The van der Waals surface area contributed by atoms with E-state index < -0.39 is 0 Å². The number of anilines is 2. The number of nitrogen functional groups attached to an aromatic ring is 1. The highest BCUT2D eigenvalue weighted by Crippen LogP contribution is 2.36. The zero-order valence-corrected chi connectivity index (χ0v) is 12.2. The molecule has 0 unspecified atom stereocenters. The van der Waals surface area contributed by atoms with Crippen LogP contribution in [0.15, 0.2) is 4.90 Å². The van der Waals surface area contributed by atoms with Gasteiger partial charge in [0.2, 0.25) is 0 Å². The first-order valence-electron chi connectivity index (χ1n) is 5.76. The van der Waals surface area contributed by atoms with Crippen molar-refractivity contribution >= 4 is 34.1 Å². The summed E-state index contributed by atoms with van der Waals surface area (Å²) in [5, 5.41) is 13.9. The minimum Gasteiger partial charge on any atom is -0.396 e. The summed E-state index contributed by atoms with van der Waals surface area (Å²) >= 11 is 2.98. The van der Waals surface area contributed by atoms with E-state index in [0.717, 1.165) is 29.3 Å². The summed E-state index contributed by atoms with van der Waals surface area (Å²) in [6.07, 6.45) is 3.90. The van der Waals surface area contributed by atoms with Gasteiger partial charge in [0.1, 0.15) is 5.00 Å². The van der Waals surface area contributed by atoms with Crippen molar-refractivity contribution in [3.63, 3.8) is 0 Å². The Hall–Kier alpha value is -0.460. The van der Waals surface area contributed by atoms with Crippen LogP contribution in [-0.2, 0) is 0 Å². The summed E-state index contributed by atoms with van der Waals surface area (Å²) in [4.78, 5) is 1.01. The molecular formula is C11H21N3OS2.